The van der Waals surface area contributed by atoms with Crippen LogP contribution in [-0.2, 0) is 22.6 Å². The molecule has 0 radical (unpaired) electrons. The van der Waals surface area contributed by atoms with Crippen LogP contribution in [0.25, 0.3) is 0 Å². The first-order valence-corrected chi connectivity index (χ1v) is 13.9. The molecule has 1 saturated heterocycles. The molecule has 0 spiro atoms. The van der Waals surface area contributed by atoms with Crippen molar-refractivity contribution in [3.63, 3.8) is 0 Å². The molecule has 0 bridgehead atoms. The van der Waals surface area contributed by atoms with Gasteiger partial charge in [-0.3, -0.25) is 14.5 Å². The van der Waals surface area contributed by atoms with Gasteiger partial charge in [-0.25, -0.2) is 4.39 Å². The number of benzene rings is 2. The molecule has 2 aromatic carbocycles. The van der Waals surface area contributed by atoms with Crippen LogP contribution < -0.4 is 5.32 Å². The number of halogens is 1. The Morgan fingerprint density at radius 1 is 0.949 bits per heavy atom. The van der Waals surface area contributed by atoms with E-state index in [1.54, 1.807) is 18.2 Å². The molecule has 3 aromatic rings. The van der Waals surface area contributed by atoms with Gasteiger partial charge in [0, 0.05) is 25.7 Å². The Kier molecular flexibility index (Phi) is 9.06. The molecule has 1 aliphatic heterocycles. The fourth-order valence-corrected chi connectivity index (χ4v) is 5.40. The molecule has 0 unspecified atom stereocenters. The van der Waals surface area contributed by atoms with Gasteiger partial charge in [0.15, 0.2) is 5.76 Å². The van der Waals surface area contributed by atoms with Gasteiger partial charge in [-0.05, 0) is 48.2 Å². The highest BCUT2D eigenvalue weighted by Gasteiger charge is 2.35. The van der Waals surface area contributed by atoms with Crippen LogP contribution in [0.1, 0.15) is 65.6 Å². The van der Waals surface area contributed by atoms with Crippen LogP contribution in [0.5, 0.6) is 0 Å². The lowest BCUT2D eigenvalue weighted by Gasteiger charge is -2.33. The van der Waals surface area contributed by atoms with Gasteiger partial charge in [-0.2, -0.15) is 0 Å². The summed E-state index contributed by atoms with van der Waals surface area (Å²) >= 11 is 0. The van der Waals surface area contributed by atoms with Crippen LogP contribution in [0.15, 0.2) is 71.1 Å². The second-order valence-corrected chi connectivity index (χ2v) is 10.4. The molecule has 2 amide bonds. The Morgan fingerprint density at radius 3 is 2.38 bits per heavy atom. The van der Waals surface area contributed by atoms with E-state index < -0.39 is 11.9 Å². The van der Waals surface area contributed by atoms with Gasteiger partial charge in [-0.1, -0.05) is 61.7 Å². The number of nitrogens with one attached hydrogen (secondary N) is 1. The number of hydrogen-bond acceptors (Lipinski definition) is 5. The first-order chi connectivity index (χ1) is 19.1. The molecule has 2 fully saturated rings. The van der Waals surface area contributed by atoms with Crippen molar-refractivity contribution in [2.45, 2.75) is 57.3 Å². The number of hydrogen-bond donors (Lipinski definition) is 1. The number of carbonyl (C=O) groups is 2. The summed E-state index contributed by atoms with van der Waals surface area (Å²) in [6.07, 6.45) is 5.13. The van der Waals surface area contributed by atoms with Crippen molar-refractivity contribution in [2.24, 2.45) is 0 Å². The third kappa shape index (κ3) is 7.13. The third-order valence-corrected chi connectivity index (χ3v) is 7.51. The van der Waals surface area contributed by atoms with Gasteiger partial charge in [-0.15, -0.1) is 0 Å². The minimum Gasteiger partial charge on any atom is -0.455 e. The molecule has 1 atom stereocenters. The number of nitrogens with zero attached hydrogens (tertiary/aromatic N) is 2. The molecule has 39 heavy (non-hydrogen) atoms. The van der Waals surface area contributed by atoms with E-state index in [4.69, 9.17) is 9.15 Å². The van der Waals surface area contributed by atoms with Crippen molar-refractivity contribution in [1.82, 2.24) is 15.1 Å². The van der Waals surface area contributed by atoms with Crippen molar-refractivity contribution in [3.8, 4) is 0 Å². The Bertz CT molecular complexity index is 1220. The van der Waals surface area contributed by atoms with E-state index in [9.17, 15) is 14.0 Å². The maximum atomic E-state index is 14.1. The van der Waals surface area contributed by atoms with Crippen molar-refractivity contribution in [1.29, 1.82) is 0 Å². The minimum atomic E-state index is -0.951. The Balaban J connectivity index is 1.45. The van der Waals surface area contributed by atoms with Crippen LogP contribution in [0.2, 0.25) is 0 Å². The standard InChI is InChI=1S/C31H36FN3O4/c32-25-13-11-24(12-14-25)29(30(36)33-26-9-5-2-6-10-26)35(21-23-7-3-1-4-8-23)31(37)28-16-15-27(39-28)22-34-17-19-38-20-18-34/h1,3-4,7-8,11-16,26,29H,2,5-6,9-10,17-22H2,(H,33,36)/t29-/m1/s1. The highest BCUT2D eigenvalue weighted by molar-refractivity contribution is 5.96. The molecule has 1 aromatic heterocycles. The molecule has 2 aliphatic rings. The average Bonchev–Trinajstić information content (AvgIpc) is 3.43. The summed E-state index contributed by atoms with van der Waals surface area (Å²) in [6, 6.07) is 18.0. The van der Waals surface area contributed by atoms with E-state index in [2.05, 4.69) is 10.2 Å². The monoisotopic (exact) mass is 533 g/mol. The highest BCUT2D eigenvalue weighted by atomic mass is 19.1. The first kappa shape index (κ1) is 27.1. The van der Waals surface area contributed by atoms with Crippen LogP contribution in [0.4, 0.5) is 4.39 Å². The molecule has 5 rings (SSSR count). The highest BCUT2D eigenvalue weighted by Crippen LogP contribution is 2.28. The summed E-state index contributed by atoms with van der Waals surface area (Å²) in [7, 11) is 0. The van der Waals surface area contributed by atoms with E-state index in [0.29, 0.717) is 31.1 Å². The molecule has 1 N–H and O–H groups in total. The van der Waals surface area contributed by atoms with Gasteiger partial charge in [0.25, 0.3) is 5.91 Å². The molecule has 2 heterocycles. The number of rotatable bonds is 9. The van der Waals surface area contributed by atoms with E-state index in [1.807, 2.05) is 36.4 Å². The predicted molar refractivity (Wildman–Crippen MR) is 145 cm³/mol. The maximum Gasteiger partial charge on any atom is 0.290 e. The fraction of sp³-hybridized carbons (Fsp3) is 0.419. The van der Waals surface area contributed by atoms with E-state index in [1.165, 1.54) is 17.0 Å². The predicted octanol–water partition coefficient (Wildman–Crippen LogP) is 5.08. The third-order valence-electron chi connectivity index (χ3n) is 7.51. The lowest BCUT2D eigenvalue weighted by atomic mass is 9.94. The Morgan fingerprint density at radius 2 is 1.67 bits per heavy atom. The van der Waals surface area contributed by atoms with Gasteiger partial charge in [0.1, 0.15) is 17.6 Å². The smallest absolute Gasteiger partial charge is 0.290 e. The average molecular weight is 534 g/mol. The van der Waals surface area contributed by atoms with Crippen molar-refractivity contribution in [2.75, 3.05) is 26.3 Å². The summed E-state index contributed by atoms with van der Waals surface area (Å²) in [5.41, 5.74) is 1.43. The molecule has 8 heteroatoms. The number of carbonyl (C=O) groups excluding carboxylic acids is 2. The summed E-state index contributed by atoms with van der Waals surface area (Å²) in [4.78, 5) is 31.7. The zero-order chi connectivity index (χ0) is 27.0. The normalized spacial score (nSPS) is 17.5. The molecular weight excluding hydrogens is 497 g/mol. The van der Waals surface area contributed by atoms with Crippen LogP contribution in [-0.4, -0.2) is 54.0 Å². The quantitative estimate of drug-likeness (QED) is 0.415. The molecule has 1 saturated carbocycles. The van der Waals surface area contributed by atoms with Crippen LogP contribution in [0.3, 0.4) is 0 Å². The molecule has 206 valence electrons. The minimum absolute atomic E-state index is 0.0617. The van der Waals surface area contributed by atoms with E-state index in [-0.39, 0.29) is 30.2 Å². The SMILES string of the molecule is O=C(NC1CCCCC1)[C@@H](c1ccc(F)cc1)N(Cc1ccccc1)C(=O)c1ccc(CN2CCOCC2)o1. The van der Waals surface area contributed by atoms with Gasteiger partial charge in [0.2, 0.25) is 5.91 Å². The zero-order valence-corrected chi connectivity index (χ0v) is 22.2. The lowest BCUT2D eigenvalue weighted by Crippen LogP contribution is -2.46. The number of amides is 2. The van der Waals surface area contributed by atoms with Gasteiger partial charge in [0.05, 0.1) is 19.8 Å². The second-order valence-electron chi connectivity index (χ2n) is 10.4. The largest absolute Gasteiger partial charge is 0.455 e. The zero-order valence-electron chi connectivity index (χ0n) is 22.2. The Labute approximate surface area is 228 Å². The second kappa shape index (κ2) is 13.0. The summed E-state index contributed by atoms with van der Waals surface area (Å²) < 4.78 is 25.3. The number of furan rings is 1. The molecule has 1 aliphatic carbocycles. The molecular formula is C31H36FN3O4. The lowest BCUT2D eigenvalue weighted by molar-refractivity contribution is -0.127. The van der Waals surface area contributed by atoms with Gasteiger partial charge >= 0.3 is 0 Å². The maximum absolute atomic E-state index is 14.1. The van der Waals surface area contributed by atoms with E-state index >= 15 is 0 Å². The van der Waals surface area contributed by atoms with Crippen molar-refractivity contribution in [3.05, 3.63) is 95.2 Å². The van der Waals surface area contributed by atoms with Gasteiger partial charge < -0.3 is 19.4 Å². The van der Waals surface area contributed by atoms with E-state index in [0.717, 1.165) is 50.8 Å². The number of ether oxygens (including phenoxy) is 1. The summed E-state index contributed by atoms with van der Waals surface area (Å²) in [6.45, 7) is 3.73. The topological polar surface area (TPSA) is 75.0 Å². The van der Waals surface area contributed by atoms with Crippen LogP contribution >= 0.6 is 0 Å². The Hall–Kier alpha value is -3.49. The van der Waals surface area contributed by atoms with Crippen LogP contribution in [0, 0.1) is 5.82 Å². The number of morpholine rings is 1. The first-order valence-electron chi connectivity index (χ1n) is 13.9. The molecule has 7 nitrogen and oxygen atoms in total. The summed E-state index contributed by atoms with van der Waals surface area (Å²) in [5.74, 6) is -0.195. The summed E-state index contributed by atoms with van der Waals surface area (Å²) in [5, 5.41) is 3.19. The van der Waals surface area contributed by atoms with Crippen molar-refractivity contribution >= 4 is 11.8 Å². The fourth-order valence-electron chi connectivity index (χ4n) is 5.40. The van der Waals surface area contributed by atoms with Crippen molar-refractivity contribution < 1.29 is 23.1 Å².